The lowest BCUT2D eigenvalue weighted by molar-refractivity contribution is 0.123. The quantitative estimate of drug-likeness (QED) is 0.425. The first-order valence-electron chi connectivity index (χ1n) is 9.94. The van der Waals surface area contributed by atoms with Crippen LogP contribution < -0.4 is 9.64 Å². The molecular weight excluding hydrogens is 414 g/mol. The first-order chi connectivity index (χ1) is 15.3. The van der Waals surface area contributed by atoms with Gasteiger partial charge >= 0.3 is 0 Å². The Labute approximate surface area is 183 Å². The van der Waals surface area contributed by atoms with Crippen molar-refractivity contribution < 1.29 is 9.47 Å². The SMILES string of the molecule is COc1cccc(-n2ncc3c(N=NCc4ccc(N5CCOCC5)s4)ncnc32)c1. The first kappa shape index (κ1) is 19.6. The zero-order valence-electron chi connectivity index (χ0n) is 17.0. The van der Waals surface area contributed by atoms with E-state index in [1.54, 1.807) is 29.3 Å². The van der Waals surface area contributed by atoms with Gasteiger partial charge in [-0.1, -0.05) is 6.07 Å². The van der Waals surface area contributed by atoms with Crippen LogP contribution in [0.2, 0.25) is 0 Å². The molecule has 9 nitrogen and oxygen atoms in total. The normalized spacial score (nSPS) is 14.5. The summed E-state index contributed by atoms with van der Waals surface area (Å²) in [4.78, 5) is 12.2. The second-order valence-corrected chi connectivity index (χ2v) is 8.08. The molecule has 0 bridgehead atoms. The van der Waals surface area contributed by atoms with Crippen molar-refractivity contribution in [3.05, 3.63) is 53.8 Å². The predicted molar refractivity (Wildman–Crippen MR) is 119 cm³/mol. The average Bonchev–Trinajstić information content (AvgIpc) is 3.48. The Morgan fingerprint density at radius 2 is 2.06 bits per heavy atom. The van der Waals surface area contributed by atoms with Gasteiger partial charge in [0.15, 0.2) is 11.5 Å². The van der Waals surface area contributed by atoms with Crippen molar-refractivity contribution in [2.75, 3.05) is 38.3 Å². The molecule has 1 saturated heterocycles. The minimum Gasteiger partial charge on any atom is -0.497 e. The molecule has 3 aromatic heterocycles. The Kier molecular flexibility index (Phi) is 5.55. The van der Waals surface area contributed by atoms with Crippen molar-refractivity contribution in [1.29, 1.82) is 0 Å². The first-order valence-corrected chi connectivity index (χ1v) is 10.8. The van der Waals surface area contributed by atoms with Gasteiger partial charge < -0.3 is 14.4 Å². The van der Waals surface area contributed by atoms with Gasteiger partial charge in [-0.3, -0.25) is 0 Å². The molecule has 1 aromatic carbocycles. The number of thiophene rings is 1. The molecule has 1 fully saturated rings. The van der Waals surface area contributed by atoms with E-state index in [2.05, 4.69) is 42.3 Å². The lowest BCUT2D eigenvalue weighted by Gasteiger charge is -2.27. The number of hydrogen-bond donors (Lipinski definition) is 0. The van der Waals surface area contributed by atoms with Gasteiger partial charge in [-0.25, -0.2) is 14.6 Å². The van der Waals surface area contributed by atoms with E-state index >= 15 is 0 Å². The molecular formula is C21H21N7O2S. The summed E-state index contributed by atoms with van der Waals surface area (Å²) >= 11 is 1.74. The molecule has 1 aliphatic heterocycles. The van der Waals surface area contributed by atoms with Crippen LogP contribution in [-0.2, 0) is 11.3 Å². The Hall–Kier alpha value is -3.37. The van der Waals surface area contributed by atoms with Crippen molar-refractivity contribution >= 4 is 33.2 Å². The Morgan fingerprint density at radius 3 is 2.94 bits per heavy atom. The van der Waals surface area contributed by atoms with E-state index < -0.39 is 0 Å². The van der Waals surface area contributed by atoms with Crippen LogP contribution in [0.25, 0.3) is 16.7 Å². The maximum atomic E-state index is 5.42. The molecule has 0 saturated carbocycles. The van der Waals surface area contributed by atoms with E-state index in [9.17, 15) is 0 Å². The lowest BCUT2D eigenvalue weighted by atomic mass is 10.3. The highest BCUT2D eigenvalue weighted by atomic mass is 32.1. The Balaban J connectivity index is 1.34. The van der Waals surface area contributed by atoms with Crippen LogP contribution in [0.15, 0.2) is 59.2 Å². The minimum atomic E-state index is 0.504. The fraction of sp³-hybridized carbons (Fsp3) is 0.286. The second-order valence-electron chi connectivity index (χ2n) is 6.93. The summed E-state index contributed by atoms with van der Waals surface area (Å²) in [5.41, 5.74) is 1.52. The topological polar surface area (TPSA) is 90.0 Å². The van der Waals surface area contributed by atoms with Crippen molar-refractivity contribution in [3.63, 3.8) is 0 Å². The number of azo groups is 1. The highest BCUT2D eigenvalue weighted by molar-refractivity contribution is 7.16. The zero-order valence-corrected chi connectivity index (χ0v) is 17.8. The van der Waals surface area contributed by atoms with E-state index in [4.69, 9.17) is 9.47 Å². The number of nitrogens with zero attached hydrogens (tertiary/aromatic N) is 7. The summed E-state index contributed by atoms with van der Waals surface area (Å²) in [6.45, 7) is 3.92. The van der Waals surface area contributed by atoms with Gasteiger partial charge in [0.25, 0.3) is 0 Å². The summed E-state index contributed by atoms with van der Waals surface area (Å²) < 4.78 is 12.5. The molecule has 31 heavy (non-hydrogen) atoms. The van der Waals surface area contributed by atoms with Crippen LogP contribution >= 0.6 is 11.3 Å². The number of fused-ring (bicyclic) bond motifs is 1. The van der Waals surface area contributed by atoms with Crippen LogP contribution in [0.5, 0.6) is 5.75 Å². The van der Waals surface area contributed by atoms with Crippen LogP contribution in [0.4, 0.5) is 10.8 Å². The molecule has 0 unspecified atom stereocenters. The third kappa shape index (κ3) is 4.12. The number of ether oxygens (including phenoxy) is 2. The molecule has 0 spiro atoms. The maximum absolute atomic E-state index is 5.42. The Bertz CT molecular complexity index is 1210. The molecule has 0 radical (unpaired) electrons. The number of hydrogen-bond acceptors (Lipinski definition) is 9. The smallest absolute Gasteiger partial charge is 0.188 e. The predicted octanol–water partition coefficient (Wildman–Crippen LogP) is 4.01. The summed E-state index contributed by atoms with van der Waals surface area (Å²) in [6, 6.07) is 11.9. The van der Waals surface area contributed by atoms with E-state index in [1.807, 2.05) is 24.3 Å². The van der Waals surface area contributed by atoms with Crippen molar-refractivity contribution in [1.82, 2.24) is 19.7 Å². The maximum Gasteiger partial charge on any atom is 0.188 e. The minimum absolute atomic E-state index is 0.504. The summed E-state index contributed by atoms with van der Waals surface area (Å²) in [6.07, 6.45) is 3.20. The van der Waals surface area contributed by atoms with Crippen molar-refractivity contribution in [2.24, 2.45) is 10.2 Å². The fourth-order valence-corrected chi connectivity index (χ4v) is 4.39. The van der Waals surface area contributed by atoms with E-state index in [0.717, 1.165) is 48.0 Å². The van der Waals surface area contributed by atoms with Gasteiger partial charge in [0.2, 0.25) is 0 Å². The molecule has 0 aliphatic carbocycles. The van der Waals surface area contributed by atoms with Gasteiger partial charge in [-0.2, -0.15) is 10.2 Å². The highest BCUT2D eigenvalue weighted by Crippen LogP contribution is 2.29. The Morgan fingerprint density at radius 1 is 1.16 bits per heavy atom. The summed E-state index contributed by atoms with van der Waals surface area (Å²) in [5, 5.41) is 15.2. The van der Waals surface area contributed by atoms with E-state index in [-0.39, 0.29) is 0 Å². The second kappa shape index (κ2) is 8.78. The number of morpholine rings is 1. The van der Waals surface area contributed by atoms with E-state index in [1.165, 1.54) is 11.3 Å². The monoisotopic (exact) mass is 435 g/mol. The summed E-state index contributed by atoms with van der Waals surface area (Å²) in [5.74, 6) is 1.26. The molecule has 4 heterocycles. The largest absolute Gasteiger partial charge is 0.497 e. The number of aromatic nitrogens is 4. The van der Waals surface area contributed by atoms with Gasteiger partial charge in [-0.15, -0.1) is 16.5 Å². The van der Waals surface area contributed by atoms with Crippen LogP contribution in [-0.4, -0.2) is 53.2 Å². The molecule has 5 rings (SSSR count). The van der Waals surface area contributed by atoms with Gasteiger partial charge in [0.1, 0.15) is 12.1 Å². The molecule has 1 aliphatic rings. The van der Waals surface area contributed by atoms with Gasteiger partial charge in [0, 0.05) is 24.0 Å². The van der Waals surface area contributed by atoms with Crippen molar-refractivity contribution in [2.45, 2.75) is 6.54 Å². The third-order valence-electron chi connectivity index (χ3n) is 5.00. The molecule has 0 amide bonds. The van der Waals surface area contributed by atoms with Gasteiger partial charge in [-0.05, 0) is 24.3 Å². The zero-order chi connectivity index (χ0) is 21.0. The lowest BCUT2D eigenvalue weighted by Crippen LogP contribution is -2.35. The van der Waals surface area contributed by atoms with Crippen LogP contribution in [0.3, 0.4) is 0 Å². The molecule has 0 atom stereocenters. The molecule has 0 N–H and O–H groups in total. The molecule has 4 aromatic rings. The van der Waals surface area contributed by atoms with Crippen molar-refractivity contribution in [3.8, 4) is 11.4 Å². The highest BCUT2D eigenvalue weighted by Gasteiger charge is 2.14. The third-order valence-corrected chi connectivity index (χ3v) is 6.14. The molecule has 158 valence electrons. The number of anilines is 1. The average molecular weight is 436 g/mol. The molecule has 10 heteroatoms. The number of methoxy groups -OCH3 is 1. The van der Waals surface area contributed by atoms with Crippen LogP contribution in [0, 0.1) is 0 Å². The number of benzene rings is 1. The fourth-order valence-electron chi connectivity index (χ4n) is 3.42. The standard InChI is InChI=1S/C21H21N7O2S/c1-29-16-4-2-3-15(11-16)28-21-18(13-25-28)20(22-14-23-21)26-24-12-17-5-6-19(31-17)27-7-9-30-10-8-27/h2-6,11,13-14H,7-10,12H2,1H3. The van der Waals surface area contributed by atoms with Crippen LogP contribution in [0.1, 0.15) is 4.88 Å². The van der Waals surface area contributed by atoms with Gasteiger partial charge in [0.05, 0.1) is 49.1 Å². The number of rotatable bonds is 6. The summed E-state index contributed by atoms with van der Waals surface area (Å²) in [7, 11) is 1.64. The van der Waals surface area contributed by atoms with E-state index in [0.29, 0.717) is 18.0 Å².